The molecule has 1 atom stereocenters. The number of thioether (sulfide) groups is 1. The van der Waals surface area contributed by atoms with Crippen molar-refractivity contribution in [1.29, 1.82) is 5.26 Å². The molecule has 0 spiro atoms. The predicted molar refractivity (Wildman–Crippen MR) is 115 cm³/mol. The standard InChI is InChI=1S/C21H17ClN4O2S/c1-12-8-9-15(10-17(12)22)24-19(27)13(2)29-21-25-18(14-6-4-3-5-7-14)16(11-23)20(28)26-21/h3-10,13H,1-2H3,(H,24,27)(H,25,26,28)/t13-/m0/s1. The number of aromatic amines is 1. The molecule has 3 aromatic rings. The number of benzene rings is 2. The van der Waals surface area contributed by atoms with Crippen molar-refractivity contribution in [3.63, 3.8) is 0 Å². The van der Waals surface area contributed by atoms with Crippen molar-refractivity contribution in [3.05, 3.63) is 75.0 Å². The summed E-state index contributed by atoms with van der Waals surface area (Å²) in [6.07, 6.45) is 0. The Labute approximate surface area is 177 Å². The van der Waals surface area contributed by atoms with E-state index in [0.29, 0.717) is 16.3 Å². The zero-order chi connectivity index (χ0) is 21.0. The van der Waals surface area contributed by atoms with Crippen LogP contribution in [0, 0.1) is 18.3 Å². The van der Waals surface area contributed by atoms with Crippen LogP contribution in [-0.4, -0.2) is 21.1 Å². The minimum Gasteiger partial charge on any atom is -0.325 e. The van der Waals surface area contributed by atoms with Gasteiger partial charge >= 0.3 is 0 Å². The first-order valence-corrected chi connectivity index (χ1v) is 9.98. The van der Waals surface area contributed by atoms with Crippen molar-refractivity contribution in [2.45, 2.75) is 24.3 Å². The average molecular weight is 425 g/mol. The number of halogens is 1. The number of nitrogens with one attached hydrogen (secondary N) is 2. The summed E-state index contributed by atoms with van der Waals surface area (Å²) in [4.78, 5) is 31.8. The molecular formula is C21H17ClN4O2S. The first-order valence-electron chi connectivity index (χ1n) is 8.72. The molecular weight excluding hydrogens is 408 g/mol. The summed E-state index contributed by atoms with van der Waals surface area (Å²) in [6.45, 7) is 3.58. The van der Waals surface area contributed by atoms with E-state index < -0.39 is 10.8 Å². The van der Waals surface area contributed by atoms with E-state index >= 15 is 0 Å². The Bertz CT molecular complexity index is 1160. The summed E-state index contributed by atoms with van der Waals surface area (Å²) in [5.41, 5.74) is 1.85. The molecule has 0 radical (unpaired) electrons. The fraction of sp³-hybridized carbons (Fsp3) is 0.143. The van der Waals surface area contributed by atoms with Crippen LogP contribution in [0.3, 0.4) is 0 Å². The van der Waals surface area contributed by atoms with E-state index in [-0.39, 0.29) is 22.3 Å². The van der Waals surface area contributed by atoms with Gasteiger partial charge in [-0.3, -0.25) is 9.59 Å². The molecule has 0 saturated heterocycles. The third-order valence-corrected chi connectivity index (χ3v) is 5.55. The summed E-state index contributed by atoms with van der Waals surface area (Å²) >= 11 is 7.20. The minimum atomic E-state index is -0.546. The van der Waals surface area contributed by atoms with E-state index in [9.17, 15) is 14.9 Å². The van der Waals surface area contributed by atoms with Gasteiger partial charge in [0.2, 0.25) is 5.91 Å². The highest BCUT2D eigenvalue weighted by atomic mass is 35.5. The number of amides is 1. The van der Waals surface area contributed by atoms with Gasteiger partial charge in [0.25, 0.3) is 5.56 Å². The molecule has 146 valence electrons. The van der Waals surface area contributed by atoms with Gasteiger partial charge in [0.15, 0.2) is 5.16 Å². The van der Waals surface area contributed by atoms with Gasteiger partial charge < -0.3 is 10.3 Å². The highest BCUT2D eigenvalue weighted by Crippen LogP contribution is 2.25. The Morgan fingerprint density at radius 3 is 2.66 bits per heavy atom. The van der Waals surface area contributed by atoms with E-state index in [0.717, 1.165) is 17.3 Å². The maximum atomic E-state index is 12.5. The molecule has 0 saturated carbocycles. The Hall–Kier alpha value is -3.08. The van der Waals surface area contributed by atoms with E-state index in [1.54, 1.807) is 43.3 Å². The molecule has 0 fully saturated rings. The van der Waals surface area contributed by atoms with Gasteiger partial charge in [0.1, 0.15) is 11.6 Å². The zero-order valence-electron chi connectivity index (χ0n) is 15.7. The number of nitriles is 1. The Balaban J connectivity index is 1.83. The lowest BCUT2D eigenvalue weighted by Crippen LogP contribution is -2.23. The van der Waals surface area contributed by atoms with Crippen molar-refractivity contribution in [3.8, 4) is 17.3 Å². The summed E-state index contributed by atoms with van der Waals surface area (Å²) in [5.74, 6) is -0.261. The molecule has 1 amide bonds. The normalized spacial score (nSPS) is 11.5. The number of hydrogen-bond acceptors (Lipinski definition) is 5. The van der Waals surface area contributed by atoms with E-state index in [1.807, 2.05) is 25.1 Å². The smallest absolute Gasteiger partial charge is 0.270 e. The molecule has 0 aliphatic carbocycles. The molecule has 3 rings (SSSR count). The van der Waals surface area contributed by atoms with Crippen molar-refractivity contribution in [1.82, 2.24) is 9.97 Å². The number of hydrogen-bond donors (Lipinski definition) is 2. The first kappa shape index (κ1) is 20.6. The van der Waals surface area contributed by atoms with Crippen LogP contribution in [0.1, 0.15) is 18.1 Å². The van der Waals surface area contributed by atoms with Crippen LogP contribution < -0.4 is 10.9 Å². The minimum absolute atomic E-state index is 0.0630. The lowest BCUT2D eigenvalue weighted by atomic mass is 10.1. The maximum Gasteiger partial charge on any atom is 0.270 e. The van der Waals surface area contributed by atoms with Crippen molar-refractivity contribution < 1.29 is 4.79 Å². The quantitative estimate of drug-likeness (QED) is 0.467. The molecule has 0 bridgehead atoms. The number of carbonyl (C=O) groups is 1. The van der Waals surface area contributed by atoms with Gasteiger partial charge in [-0.2, -0.15) is 5.26 Å². The van der Waals surface area contributed by atoms with Crippen LogP contribution in [0.4, 0.5) is 5.69 Å². The molecule has 8 heteroatoms. The number of aryl methyl sites for hydroxylation is 1. The third kappa shape index (κ3) is 4.86. The van der Waals surface area contributed by atoms with Gasteiger partial charge in [-0.15, -0.1) is 0 Å². The average Bonchev–Trinajstić information content (AvgIpc) is 2.71. The molecule has 0 aliphatic rings. The van der Waals surface area contributed by atoms with Crippen LogP contribution in [0.15, 0.2) is 58.5 Å². The Morgan fingerprint density at radius 2 is 2.00 bits per heavy atom. The van der Waals surface area contributed by atoms with Gasteiger partial charge in [-0.05, 0) is 31.5 Å². The first-order chi connectivity index (χ1) is 13.9. The van der Waals surface area contributed by atoms with E-state index in [2.05, 4.69) is 15.3 Å². The summed E-state index contributed by atoms with van der Waals surface area (Å²) in [5, 5.41) is 12.4. The summed E-state index contributed by atoms with van der Waals surface area (Å²) in [7, 11) is 0. The molecule has 2 N–H and O–H groups in total. The molecule has 1 heterocycles. The second kappa shape index (κ2) is 8.95. The van der Waals surface area contributed by atoms with Crippen LogP contribution in [0.2, 0.25) is 5.02 Å². The summed E-state index contributed by atoms with van der Waals surface area (Å²) in [6, 6.07) is 16.2. The fourth-order valence-corrected chi connectivity index (χ4v) is 3.53. The number of nitrogens with zero attached hydrogens (tertiary/aromatic N) is 2. The summed E-state index contributed by atoms with van der Waals surface area (Å²) < 4.78 is 0. The maximum absolute atomic E-state index is 12.5. The van der Waals surface area contributed by atoms with Crippen molar-refractivity contribution in [2.75, 3.05) is 5.32 Å². The molecule has 2 aromatic carbocycles. The second-order valence-corrected chi connectivity index (χ2v) is 8.02. The van der Waals surface area contributed by atoms with Crippen LogP contribution >= 0.6 is 23.4 Å². The lowest BCUT2D eigenvalue weighted by Gasteiger charge is -2.13. The highest BCUT2D eigenvalue weighted by molar-refractivity contribution is 8.00. The largest absolute Gasteiger partial charge is 0.325 e. The second-order valence-electron chi connectivity index (χ2n) is 6.29. The van der Waals surface area contributed by atoms with Crippen LogP contribution in [-0.2, 0) is 4.79 Å². The Morgan fingerprint density at radius 1 is 1.28 bits per heavy atom. The SMILES string of the molecule is Cc1ccc(NC(=O)[C@H](C)Sc2nc(-c3ccccc3)c(C#N)c(=O)[nH]2)cc1Cl. The van der Waals surface area contributed by atoms with Gasteiger partial charge in [-0.1, -0.05) is 59.8 Å². The lowest BCUT2D eigenvalue weighted by molar-refractivity contribution is -0.115. The van der Waals surface area contributed by atoms with E-state index in [1.165, 1.54) is 0 Å². The van der Waals surface area contributed by atoms with Crippen molar-refractivity contribution >= 4 is 35.0 Å². The molecule has 0 aliphatic heterocycles. The topological polar surface area (TPSA) is 98.6 Å². The van der Waals surface area contributed by atoms with E-state index in [4.69, 9.17) is 11.6 Å². The van der Waals surface area contributed by atoms with Crippen molar-refractivity contribution in [2.24, 2.45) is 0 Å². The molecule has 1 aromatic heterocycles. The predicted octanol–water partition coefficient (Wildman–Crippen LogP) is 4.39. The van der Waals surface area contributed by atoms with Crippen LogP contribution in [0.5, 0.6) is 0 Å². The number of aromatic nitrogens is 2. The number of anilines is 1. The molecule has 0 unspecified atom stereocenters. The van der Waals surface area contributed by atoms with Gasteiger partial charge in [-0.25, -0.2) is 4.98 Å². The van der Waals surface area contributed by atoms with Gasteiger partial charge in [0.05, 0.1) is 10.9 Å². The number of carbonyl (C=O) groups excluding carboxylic acids is 1. The monoisotopic (exact) mass is 424 g/mol. The number of H-pyrrole nitrogens is 1. The zero-order valence-corrected chi connectivity index (χ0v) is 17.3. The highest BCUT2D eigenvalue weighted by Gasteiger charge is 2.19. The Kier molecular flexibility index (Phi) is 6.37. The van der Waals surface area contributed by atoms with Crippen LogP contribution in [0.25, 0.3) is 11.3 Å². The molecule has 6 nitrogen and oxygen atoms in total. The van der Waals surface area contributed by atoms with Gasteiger partial charge in [0, 0.05) is 16.3 Å². The molecule has 29 heavy (non-hydrogen) atoms. The number of rotatable bonds is 5. The fourth-order valence-electron chi connectivity index (χ4n) is 2.55. The third-order valence-electron chi connectivity index (χ3n) is 4.15.